The highest BCUT2D eigenvalue weighted by atomic mass is 35.5. The molecule has 2 aromatic rings. The smallest absolute Gasteiger partial charge is 0.348 e. The van der Waals surface area contributed by atoms with Crippen molar-refractivity contribution in [2.75, 3.05) is 13.7 Å². The number of halogens is 2. The number of benzene rings is 1. The summed E-state index contributed by atoms with van der Waals surface area (Å²) < 4.78 is 4.61. The van der Waals surface area contributed by atoms with Crippen LogP contribution in [0.5, 0.6) is 0 Å². The van der Waals surface area contributed by atoms with Crippen LogP contribution in [0.1, 0.15) is 24.9 Å². The summed E-state index contributed by atoms with van der Waals surface area (Å²) in [5.41, 5.74) is 0.871. The van der Waals surface area contributed by atoms with E-state index in [1.54, 1.807) is 18.2 Å². The number of methoxy groups -OCH3 is 1. The van der Waals surface area contributed by atoms with Crippen LogP contribution in [0.2, 0.25) is 10.0 Å². The van der Waals surface area contributed by atoms with Gasteiger partial charge in [-0.2, -0.15) is 0 Å². The van der Waals surface area contributed by atoms with Crippen molar-refractivity contribution in [1.82, 2.24) is 5.32 Å². The minimum absolute atomic E-state index is 0.238. The Labute approximate surface area is 142 Å². The van der Waals surface area contributed by atoms with Gasteiger partial charge in [-0.1, -0.05) is 35.3 Å². The molecule has 0 unspecified atom stereocenters. The van der Waals surface area contributed by atoms with Gasteiger partial charge in [0.1, 0.15) is 4.88 Å². The van der Waals surface area contributed by atoms with Crippen LogP contribution in [0.25, 0.3) is 0 Å². The molecule has 0 aliphatic rings. The number of ether oxygens (including phenoxy) is 1. The number of carbonyl (C=O) groups is 2. The second-order valence-electron chi connectivity index (χ2n) is 4.37. The van der Waals surface area contributed by atoms with Crippen molar-refractivity contribution in [2.24, 2.45) is 0 Å². The van der Waals surface area contributed by atoms with Crippen LogP contribution in [0.15, 0.2) is 30.3 Å². The van der Waals surface area contributed by atoms with E-state index < -0.39 is 5.97 Å². The molecule has 0 aliphatic carbocycles. The maximum Gasteiger partial charge on any atom is 0.348 e. The monoisotopic (exact) mass is 357 g/mol. The molecule has 7 heteroatoms. The van der Waals surface area contributed by atoms with Crippen LogP contribution in [0.4, 0.5) is 0 Å². The van der Waals surface area contributed by atoms with Gasteiger partial charge in [0, 0.05) is 6.54 Å². The fourth-order valence-corrected chi connectivity index (χ4v) is 3.06. The summed E-state index contributed by atoms with van der Waals surface area (Å²) in [5, 5.41) is 3.78. The van der Waals surface area contributed by atoms with Gasteiger partial charge >= 0.3 is 5.97 Å². The van der Waals surface area contributed by atoms with Gasteiger partial charge in [-0.25, -0.2) is 4.79 Å². The maximum absolute atomic E-state index is 12.0. The Hall–Kier alpha value is -1.56. The minimum Gasteiger partial charge on any atom is -0.465 e. The third kappa shape index (κ3) is 4.00. The van der Waals surface area contributed by atoms with Crippen molar-refractivity contribution in [1.29, 1.82) is 0 Å². The zero-order chi connectivity index (χ0) is 16.1. The number of thiophene rings is 1. The van der Waals surface area contributed by atoms with Crippen molar-refractivity contribution < 1.29 is 14.3 Å². The fraction of sp³-hybridized carbons (Fsp3) is 0.200. The van der Waals surface area contributed by atoms with Gasteiger partial charge in [0.15, 0.2) is 0 Å². The molecule has 1 heterocycles. The van der Waals surface area contributed by atoms with E-state index in [2.05, 4.69) is 10.1 Å². The normalized spacial score (nSPS) is 10.3. The van der Waals surface area contributed by atoms with Crippen LogP contribution in [0.3, 0.4) is 0 Å². The van der Waals surface area contributed by atoms with E-state index in [0.29, 0.717) is 32.8 Å². The Bertz CT molecular complexity index is 700. The second-order valence-corrected chi connectivity index (χ2v) is 6.24. The van der Waals surface area contributed by atoms with Gasteiger partial charge in [-0.05, 0) is 30.2 Å². The number of hydrogen-bond donors (Lipinski definition) is 1. The van der Waals surface area contributed by atoms with E-state index in [4.69, 9.17) is 23.2 Å². The molecule has 0 spiro atoms. The quantitative estimate of drug-likeness (QED) is 0.827. The maximum atomic E-state index is 12.0. The Kier molecular flexibility index (Phi) is 5.83. The highest BCUT2D eigenvalue weighted by molar-refractivity contribution is 7.15. The van der Waals surface area contributed by atoms with E-state index in [9.17, 15) is 9.59 Å². The predicted molar refractivity (Wildman–Crippen MR) is 88.2 cm³/mol. The standard InChI is InChI=1S/C15H13Cl2NO3S/c1-21-15(20)12-6-5-11(22-12)14(19)18-8-7-9-3-2-4-10(16)13(9)17/h2-6H,7-8H2,1H3,(H,18,19). The second kappa shape index (κ2) is 7.63. The number of esters is 1. The van der Waals surface area contributed by atoms with Gasteiger partial charge in [0.05, 0.1) is 22.0 Å². The first kappa shape index (κ1) is 16.8. The van der Waals surface area contributed by atoms with E-state index in [-0.39, 0.29) is 5.91 Å². The predicted octanol–water partition coefficient (Wildman–Crippen LogP) is 3.81. The van der Waals surface area contributed by atoms with Crippen LogP contribution >= 0.6 is 34.5 Å². The van der Waals surface area contributed by atoms with Gasteiger partial charge < -0.3 is 10.1 Å². The Balaban J connectivity index is 1.91. The Morgan fingerprint density at radius 2 is 1.91 bits per heavy atom. The van der Waals surface area contributed by atoms with E-state index in [0.717, 1.165) is 16.9 Å². The lowest BCUT2D eigenvalue weighted by molar-refractivity contribution is 0.0606. The summed E-state index contributed by atoms with van der Waals surface area (Å²) in [6.07, 6.45) is 0.570. The lowest BCUT2D eigenvalue weighted by Gasteiger charge is -2.06. The summed E-state index contributed by atoms with van der Waals surface area (Å²) in [6, 6.07) is 8.55. The van der Waals surface area contributed by atoms with Crippen molar-refractivity contribution in [3.8, 4) is 0 Å². The molecule has 0 bridgehead atoms. The highest BCUT2D eigenvalue weighted by Crippen LogP contribution is 2.25. The summed E-state index contributed by atoms with van der Waals surface area (Å²) in [5.74, 6) is -0.687. The molecular formula is C15H13Cl2NO3S. The molecule has 1 aromatic heterocycles. The summed E-state index contributed by atoms with van der Waals surface area (Å²) in [4.78, 5) is 24.2. The third-order valence-corrected chi connectivity index (χ3v) is 4.85. The molecule has 2 rings (SSSR count). The van der Waals surface area contributed by atoms with Crippen LogP contribution in [-0.4, -0.2) is 25.5 Å². The summed E-state index contributed by atoms with van der Waals surface area (Å²) in [6.45, 7) is 0.421. The van der Waals surface area contributed by atoms with Crippen molar-refractivity contribution >= 4 is 46.4 Å². The molecule has 0 radical (unpaired) electrons. The zero-order valence-corrected chi connectivity index (χ0v) is 14.0. The average Bonchev–Trinajstić information content (AvgIpc) is 3.00. The summed E-state index contributed by atoms with van der Waals surface area (Å²) in [7, 11) is 1.30. The lowest BCUT2D eigenvalue weighted by atomic mass is 10.1. The largest absolute Gasteiger partial charge is 0.465 e. The fourth-order valence-electron chi connectivity index (χ4n) is 1.81. The first-order chi connectivity index (χ1) is 10.5. The van der Waals surface area contributed by atoms with E-state index in [1.165, 1.54) is 7.11 Å². The van der Waals surface area contributed by atoms with Gasteiger partial charge in [0.2, 0.25) is 0 Å². The van der Waals surface area contributed by atoms with Crippen LogP contribution in [0, 0.1) is 0 Å². The number of nitrogens with one attached hydrogen (secondary N) is 1. The molecule has 0 fully saturated rings. The van der Waals surface area contributed by atoms with Gasteiger partial charge in [-0.3, -0.25) is 4.79 Å². The molecule has 0 saturated carbocycles. The minimum atomic E-state index is -0.449. The topological polar surface area (TPSA) is 55.4 Å². The first-order valence-electron chi connectivity index (χ1n) is 6.42. The lowest BCUT2D eigenvalue weighted by Crippen LogP contribution is -2.24. The first-order valence-corrected chi connectivity index (χ1v) is 7.99. The van der Waals surface area contributed by atoms with E-state index in [1.807, 2.05) is 12.1 Å². The Morgan fingerprint density at radius 1 is 1.18 bits per heavy atom. The molecule has 22 heavy (non-hydrogen) atoms. The number of rotatable bonds is 5. The van der Waals surface area contributed by atoms with Gasteiger partial charge in [-0.15, -0.1) is 11.3 Å². The SMILES string of the molecule is COC(=O)c1ccc(C(=O)NCCc2cccc(Cl)c2Cl)s1. The average molecular weight is 358 g/mol. The molecular weight excluding hydrogens is 345 g/mol. The molecule has 0 atom stereocenters. The summed E-state index contributed by atoms with van der Waals surface area (Å²) >= 11 is 13.1. The molecule has 0 saturated heterocycles. The van der Waals surface area contributed by atoms with Crippen molar-refractivity contribution in [3.05, 3.63) is 55.7 Å². The molecule has 116 valence electrons. The Morgan fingerprint density at radius 3 is 2.64 bits per heavy atom. The molecule has 0 aliphatic heterocycles. The number of carbonyl (C=O) groups excluding carboxylic acids is 2. The molecule has 4 nitrogen and oxygen atoms in total. The molecule has 1 amide bonds. The molecule has 1 N–H and O–H groups in total. The van der Waals surface area contributed by atoms with Crippen LogP contribution in [-0.2, 0) is 11.2 Å². The van der Waals surface area contributed by atoms with Crippen LogP contribution < -0.4 is 5.32 Å². The molecule has 1 aromatic carbocycles. The third-order valence-electron chi connectivity index (χ3n) is 2.93. The van der Waals surface area contributed by atoms with E-state index >= 15 is 0 Å². The number of hydrogen-bond acceptors (Lipinski definition) is 4. The van der Waals surface area contributed by atoms with Gasteiger partial charge in [0.25, 0.3) is 5.91 Å². The zero-order valence-electron chi connectivity index (χ0n) is 11.7. The van der Waals surface area contributed by atoms with Crippen molar-refractivity contribution in [3.63, 3.8) is 0 Å². The highest BCUT2D eigenvalue weighted by Gasteiger charge is 2.14. The number of amides is 1. The van der Waals surface area contributed by atoms with Crippen molar-refractivity contribution in [2.45, 2.75) is 6.42 Å².